The minimum Gasteiger partial charge on any atom is -0.489 e. The molecule has 74 heavy (non-hydrogen) atoms. The number of amides is 2. The van der Waals surface area contributed by atoms with Gasteiger partial charge in [-0.15, -0.1) is 20.2 Å². The first-order chi connectivity index (χ1) is 35.7. The Morgan fingerprint density at radius 3 is 2.16 bits per heavy atom. The van der Waals surface area contributed by atoms with Crippen LogP contribution in [0.15, 0.2) is 103 Å². The molecule has 1 aromatic heterocycles. The van der Waals surface area contributed by atoms with Crippen molar-refractivity contribution in [2.24, 2.45) is 0 Å². The van der Waals surface area contributed by atoms with Crippen molar-refractivity contribution in [1.29, 1.82) is 0 Å². The molecule has 4 aromatic carbocycles. The lowest BCUT2D eigenvalue weighted by molar-refractivity contribution is -0.763. The van der Waals surface area contributed by atoms with E-state index in [-0.39, 0.29) is 81.8 Å². The van der Waals surface area contributed by atoms with Crippen LogP contribution in [0.3, 0.4) is 0 Å². The van der Waals surface area contributed by atoms with Crippen LogP contribution in [-0.2, 0) is 56.5 Å². The molecule has 5 aromatic rings. The molecular weight excluding hydrogens is 992 g/mol. The van der Waals surface area contributed by atoms with Crippen LogP contribution in [0.4, 0.5) is 18.4 Å². The minimum absolute atomic E-state index is 0.00125. The van der Waals surface area contributed by atoms with Gasteiger partial charge in [0.25, 0.3) is 16.1 Å². The second kappa shape index (κ2) is 24.2. The average molecular weight is 1040 g/mol. The van der Waals surface area contributed by atoms with Crippen LogP contribution in [0.2, 0.25) is 5.02 Å². The predicted molar refractivity (Wildman–Crippen MR) is 259 cm³/mol. The number of rotatable bonds is 22. The molecule has 2 amide bonds. The molecule has 3 aliphatic rings. The molecule has 2 atom stereocenters. The zero-order valence-corrected chi connectivity index (χ0v) is 40.7. The summed E-state index contributed by atoms with van der Waals surface area (Å²) in [6.07, 6.45) is 3.58. The molecule has 1 saturated carbocycles. The number of fused-ring (bicyclic) bond motifs is 2. The number of benzene rings is 4. The minimum atomic E-state index is -0.952. The van der Waals surface area contributed by atoms with E-state index >= 15 is 4.79 Å². The van der Waals surface area contributed by atoms with Crippen molar-refractivity contribution >= 4 is 35.3 Å². The summed E-state index contributed by atoms with van der Waals surface area (Å²) in [5.74, 6) is -1.91. The first kappa shape index (κ1) is 52.4. The smallest absolute Gasteiger partial charge is 0.489 e. The third-order valence-electron chi connectivity index (χ3n) is 12.7. The Hall–Kier alpha value is -7.91. The summed E-state index contributed by atoms with van der Waals surface area (Å²) in [7, 11) is 0. The molecule has 0 radical (unpaired) electrons. The molecule has 2 aliphatic heterocycles. The van der Waals surface area contributed by atoms with Crippen molar-refractivity contribution in [3.05, 3.63) is 179 Å². The molecule has 2 bridgehead atoms. The lowest BCUT2D eigenvalue weighted by Crippen LogP contribution is -2.60. The van der Waals surface area contributed by atoms with Gasteiger partial charge in [-0.1, -0.05) is 60.1 Å². The highest BCUT2D eigenvalue weighted by molar-refractivity contribution is 6.32. The molecule has 3 heterocycles. The van der Waals surface area contributed by atoms with Gasteiger partial charge in [-0.3, -0.25) is 14.7 Å². The summed E-state index contributed by atoms with van der Waals surface area (Å²) in [5.41, 5.74) is 6.08. The van der Waals surface area contributed by atoms with E-state index in [1.165, 1.54) is 18.2 Å². The molecule has 8 rings (SSSR count). The molecule has 1 aliphatic carbocycles. The number of morpholine rings is 1. The average Bonchev–Trinajstić information content (AvgIpc) is 4.23. The molecule has 2 fully saturated rings. The van der Waals surface area contributed by atoms with Gasteiger partial charge in [0.05, 0.1) is 38.5 Å². The highest BCUT2D eigenvalue weighted by Gasteiger charge is 2.48. The quantitative estimate of drug-likeness (QED) is 0.0157. The van der Waals surface area contributed by atoms with E-state index in [0.717, 1.165) is 58.5 Å². The number of halogens is 3. The first-order valence-electron chi connectivity index (χ1n) is 23.7. The summed E-state index contributed by atoms with van der Waals surface area (Å²) in [5, 5.41) is 19.2. The topological polar surface area (TPSA) is 221 Å². The van der Waals surface area contributed by atoms with Gasteiger partial charge in [-0.2, -0.15) is 0 Å². The van der Waals surface area contributed by atoms with Gasteiger partial charge >= 0.3 is 12.2 Å². The summed E-state index contributed by atoms with van der Waals surface area (Å²) in [6.45, 7) is 1.72. The van der Waals surface area contributed by atoms with Crippen LogP contribution in [0.25, 0.3) is 5.57 Å². The number of nitrogens with zero attached hydrogens (tertiary/aromatic N) is 5. The van der Waals surface area contributed by atoms with Gasteiger partial charge in [0, 0.05) is 30.1 Å². The number of carbonyl (C=O) groups is 3. The monoisotopic (exact) mass is 1040 g/mol. The number of hydrogen-bond donors (Lipinski definition) is 0. The lowest BCUT2D eigenvalue weighted by Gasteiger charge is -2.47. The van der Waals surface area contributed by atoms with Crippen LogP contribution in [0.5, 0.6) is 17.2 Å². The maximum Gasteiger partial charge on any atom is 0.513 e. The molecule has 0 spiro atoms. The Morgan fingerprint density at radius 1 is 0.824 bits per heavy atom. The van der Waals surface area contributed by atoms with E-state index in [9.17, 15) is 38.6 Å². The molecule has 2 unspecified atom stereocenters. The fourth-order valence-corrected chi connectivity index (χ4v) is 9.12. The largest absolute Gasteiger partial charge is 0.513 e. The second-order valence-electron chi connectivity index (χ2n) is 17.7. The van der Waals surface area contributed by atoms with E-state index in [1.807, 2.05) is 42.2 Å². The van der Waals surface area contributed by atoms with Crippen molar-refractivity contribution in [2.45, 2.75) is 89.8 Å². The molecular formula is C52H50ClF2N5O14. The van der Waals surface area contributed by atoms with Gasteiger partial charge < -0.3 is 38.3 Å². The SMILES string of the molecule is Cc1c(CN(C(=O)C2=C(c3ccc(CCCOc4c(F)ccc(F)c4Cl)cc3)CC3COCC2N3C(=O)Oc2cccc(CO[N+](=O)[O-])c2)C2CC2)ccnc1CCCOC(=O)Oc1cccc(CO[N+](=O)[O-])c1. The van der Waals surface area contributed by atoms with Crippen LogP contribution in [0.1, 0.15) is 71.2 Å². The van der Waals surface area contributed by atoms with Crippen LogP contribution < -0.4 is 14.2 Å². The van der Waals surface area contributed by atoms with E-state index in [0.29, 0.717) is 42.4 Å². The van der Waals surface area contributed by atoms with Crippen LogP contribution >= 0.6 is 11.6 Å². The van der Waals surface area contributed by atoms with E-state index in [1.54, 1.807) is 41.4 Å². The van der Waals surface area contributed by atoms with Gasteiger partial charge in [0.1, 0.15) is 35.6 Å². The van der Waals surface area contributed by atoms with Crippen molar-refractivity contribution in [2.75, 3.05) is 26.4 Å². The number of aryl methyl sites for hydroxylation is 2. The van der Waals surface area contributed by atoms with Crippen molar-refractivity contribution < 1.29 is 66.7 Å². The van der Waals surface area contributed by atoms with Gasteiger partial charge in [0.2, 0.25) is 0 Å². The fourth-order valence-electron chi connectivity index (χ4n) is 8.91. The third-order valence-corrected chi connectivity index (χ3v) is 13.0. The third kappa shape index (κ3) is 13.4. The zero-order chi connectivity index (χ0) is 52.3. The summed E-state index contributed by atoms with van der Waals surface area (Å²) in [4.78, 5) is 80.5. The van der Waals surface area contributed by atoms with Gasteiger partial charge in [-0.25, -0.2) is 18.4 Å². The molecule has 19 nitrogen and oxygen atoms in total. The molecule has 22 heteroatoms. The van der Waals surface area contributed by atoms with Crippen molar-refractivity contribution in [3.63, 3.8) is 0 Å². The summed E-state index contributed by atoms with van der Waals surface area (Å²) >= 11 is 5.94. The van der Waals surface area contributed by atoms with E-state index < -0.39 is 51.2 Å². The van der Waals surface area contributed by atoms with Gasteiger partial charge in [-0.05, 0) is 133 Å². The van der Waals surface area contributed by atoms with Crippen LogP contribution in [0, 0.1) is 38.8 Å². The fraction of sp³-hybridized carbons (Fsp3) is 0.346. The Morgan fingerprint density at radius 2 is 1.49 bits per heavy atom. The molecule has 1 saturated heterocycles. The Bertz CT molecular complexity index is 2920. The maximum atomic E-state index is 15.5. The van der Waals surface area contributed by atoms with Crippen LogP contribution in [-0.4, -0.2) is 87.7 Å². The standard InChI is InChI=1S/C52H50ClF2N5O14/c1-32-37(20-21-56-45(32)11-5-23-70-52(63)74-41-10-3-7-35(25-41)29-72-60(66)67)27-57(38-16-17-38)50(61)47-42(36-14-12-33(13-15-36)8-4-22-69-49-44(55)19-18-43(54)48(49)53)26-39-30-68-31-46(47)58(39)51(62)73-40-9-2-6-34(24-40)28-71-59(64)65/h2-3,6-7,9-10,12-15,18-21,24-25,38-39,46H,4-5,8,11,16-17,22-23,26-31H2,1H3. The number of carbonyl (C=O) groups excluding carboxylic acids is 3. The number of aromatic nitrogens is 1. The second-order valence-corrected chi connectivity index (χ2v) is 18.1. The molecule has 0 N–H and O–H groups in total. The van der Waals surface area contributed by atoms with E-state index in [2.05, 4.69) is 14.7 Å². The van der Waals surface area contributed by atoms with Crippen molar-refractivity contribution in [3.8, 4) is 17.2 Å². The van der Waals surface area contributed by atoms with Gasteiger partial charge in [0.15, 0.2) is 11.6 Å². The normalized spacial score (nSPS) is 16.0. The Labute approximate surface area is 427 Å². The summed E-state index contributed by atoms with van der Waals surface area (Å²) in [6, 6.07) is 22.2. The number of hydrogen-bond acceptors (Lipinski definition) is 15. The van der Waals surface area contributed by atoms with Crippen molar-refractivity contribution in [1.82, 2.24) is 14.8 Å². The summed E-state index contributed by atoms with van der Waals surface area (Å²) < 4.78 is 56.3. The maximum absolute atomic E-state index is 15.5. The zero-order valence-electron chi connectivity index (χ0n) is 40.0. The highest BCUT2D eigenvalue weighted by atomic mass is 35.5. The number of pyridine rings is 1. The lowest BCUT2D eigenvalue weighted by atomic mass is 9.82. The Balaban J connectivity index is 0.996. The van der Waals surface area contributed by atoms with E-state index in [4.69, 9.17) is 35.3 Å². The Kier molecular flexibility index (Phi) is 17.1. The first-order valence-corrected chi connectivity index (χ1v) is 24.1. The predicted octanol–water partition coefficient (Wildman–Crippen LogP) is 9.51. The number of ether oxygens (including phenoxy) is 5. The highest BCUT2D eigenvalue weighted by Crippen LogP contribution is 2.41. The molecule has 388 valence electrons.